The van der Waals surface area contributed by atoms with E-state index < -0.39 is 5.82 Å². The third-order valence-corrected chi connectivity index (χ3v) is 3.42. The summed E-state index contributed by atoms with van der Waals surface area (Å²) >= 11 is 1.96. The quantitative estimate of drug-likeness (QED) is 0.582. The van der Waals surface area contributed by atoms with Gasteiger partial charge in [-0.25, -0.2) is 4.39 Å². The first kappa shape index (κ1) is 14.8. The summed E-state index contributed by atoms with van der Waals surface area (Å²) in [6.07, 6.45) is 1.39. The smallest absolute Gasteiger partial charge is 0.168 e. The highest BCUT2D eigenvalue weighted by molar-refractivity contribution is 14.1. The van der Waals surface area contributed by atoms with Crippen molar-refractivity contribution in [3.8, 4) is 11.8 Å². The van der Waals surface area contributed by atoms with Gasteiger partial charge in [0.25, 0.3) is 0 Å². The maximum absolute atomic E-state index is 13.7. The average Bonchev–Trinajstić information content (AvgIpc) is 2.82. The Morgan fingerprint density at radius 3 is 2.85 bits per heavy atom. The van der Waals surface area contributed by atoms with Crippen LogP contribution in [-0.2, 0) is 6.42 Å². The van der Waals surface area contributed by atoms with Crippen LogP contribution in [0.2, 0.25) is 0 Å². The molecular weight excluding hydrogens is 374 g/mol. The van der Waals surface area contributed by atoms with Crippen LogP contribution in [0.5, 0.6) is 5.75 Å². The summed E-state index contributed by atoms with van der Waals surface area (Å²) in [7, 11) is 0. The lowest BCUT2D eigenvalue weighted by Crippen LogP contribution is -2.03. The van der Waals surface area contributed by atoms with Crippen LogP contribution in [0.15, 0.2) is 22.7 Å². The Hall–Kier alpha value is -1.62. The molecule has 0 atom stereocenters. The molecule has 0 amide bonds. The summed E-state index contributed by atoms with van der Waals surface area (Å²) in [4.78, 5) is 0. The van der Waals surface area contributed by atoms with Crippen LogP contribution >= 0.6 is 22.6 Å². The largest absolute Gasteiger partial charge is 0.489 e. The van der Waals surface area contributed by atoms with Gasteiger partial charge in [0.15, 0.2) is 11.6 Å². The Bertz CT molecular complexity index is 626. The summed E-state index contributed by atoms with van der Waals surface area (Å²) in [6.45, 7) is 2.23. The highest BCUT2D eigenvalue weighted by Gasteiger charge is 2.11. The summed E-state index contributed by atoms with van der Waals surface area (Å²) < 4.78 is 24.9. The lowest BCUT2D eigenvalue weighted by Gasteiger charge is -2.09. The molecule has 0 saturated carbocycles. The van der Waals surface area contributed by atoms with Gasteiger partial charge in [-0.05, 0) is 48.1 Å². The molecule has 1 aromatic heterocycles. The van der Waals surface area contributed by atoms with Crippen molar-refractivity contribution in [3.05, 3.63) is 44.6 Å². The maximum atomic E-state index is 13.7. The third-order valence-electron chi connectivity index (χ3n) is 2.62. The van der Waals surface area contributed by atoms with E-state index in [0.717, 1.165) is 11.5 Å². The van der Waals surface area contributed by atoms with Crippen molar-refractivity contribution >= 4 is 22.6 Å². The van der Waals surface area contributed by atoms with Crippen LogP contribution in [-0.4, -0.2) is 11.8 Å². The minimum Gasteiger partial charge on any atom is -0.489 e. The molecule has 6 heteroatoms. The molecule has 2 aromatic rings. The minimum atomic E-state index is -0.510. The number of nitriles is 1. The van der Waals surface area contributed by atoms with Crippen molar-refractivity contribution < 1.29 is 13.7 Å². The molecule has 1 aromatic carbocycles. The topological polar surface area (TPSA) is 59.0 Å². The number of rotatable bonds is 5. The zero-order valence-corrected chi connectivity index (χ0v) is 13.0. The Kier molecular flexibility index (Phi) is 4.95. The van der Waals surface area contributed by atoms with Crippen LogP contribution < -0.4 is 4.74 Å². The van der Waals surface area contributed by atoms with Gasteiger partial charge in [-0.15, -0.1) is 0 Å². The fourth-order valence-corrected chi connectivity index (χ4v) is 2.47. The van der Waals surface area contributed by atoms with Gasteiger partial charge in [0.2, 0.25) is 0 Å². The number of hydrogen-bond donors (Lipinski definition) is 0. The van der Waals surface area contributed by atoms with Crippen molar-refractivity contribution in [1.82, 2.24) is 5.16 Å². The van der Waals surface area contributed by atoms with Crippen LogP contribution in [0, 0.1) is 27.6 Å². The van der Waals surface area contributed by atoms with Crippen LogP contribution in [0.4, 0.5) is 4.39 Å². The summed E-state index contributed by atoms with van der Waals surface area (Å²) in [6, 6.07) is 6.55. The first-order chi connectivity index (χ1) is 9.60. The number of nitrogens with zero attached hydrogens (tertiary/aromatic N) is 2. The van der Waals surface area contributed by atoms with Crippen molar-refractivity contribution in [2.24, 2.45) is 0 Å². The van der Waals surface area contributed by atoms with E-state index in [-0.39, 0.29) is 11.3 Å². The van der Waals surface area contributed by atoms with Gasteiger partial charge in [0, 0.05) is 12.5 Å². The molecule has 104 valence electrons. The van der Waals surface area contributed by atoms with E-state index >= 15 is 0 Å². The second-order valence-electron chi connectivity index (χ2n) is 4.27. The Morgan fingerprint density at radius 1 is 1.45 bits per heavy atom. The number of aromatic nitrogens is 1. The van der Waals surface area contributed by atoms with Gasteiger partial charge < -0.3 is 9.26 Å². The normalized spacial score (nSPS) is 10.3. The predicted octanol–water partition coefficient (Wildman–Crippen LogP) is 3.61. The van der Waals surface area contributed by atoms with Crippen LogP contribution in [0.3, 0.4) is 0 Å². The molecule has 0 radical (unpaired) electrons. The molecular formula is C14H12FIN2O2. The number of halogens is 2. The Morgan fingerprint density at radius 2 is 2.25 bits per heavy atom. The van der Waals surface area contributed by atoms with E-state index in [4.69, 9.17) is 14.5 Å². The molecule has 0 saturated heterocycles. The molecule has 0 aliphatic carbocycles. The summed E-state index contributed by atoms with van der Waals surface area (Å²) in [5, 5.41) is 12.5. The SMILES string of the molecule is Cc1cc(CCCOc2c(F)cc(C#N)cc2I)on1. The zero-order valence-electron chi connectivity index (χ0n) is 10.8. The van der Waals surface area contributed by atoms with Gasteiger partial charge in [0.1, 0.15) is 5.76 Å². The lowest BCUT2D eigenvalue weighted by molar-refractivity contribution is 0.285. The molecule has 20 heavy (non-hydrogen) atoms. The molecule has 4 nitrogen and oxygen atoms in total. The van der Waals surface area contributed by atoms with Crippen LogP contribution in [0.25, 0.3) is 0 Å². The molecule has 0 spiro atoms. The molecule has 0 aliphatic rings. The van der Waals surface area contributed by atoms with E-state index in [2.05, 4.69) is 5.16 Å². The van der Waals surface area contributed by atoms with Crippen molar-refractivity contribution in [2.75, 3.05) is 6.61 Å². The maximum Gasteiger partial charge on any atom is 0.168 e. The van der Waals surface area contributed by atoms with E-state index in [1.807, 2.05) is 41.7 Å². The fourth-order valence-electron chi connectivity index (χ4n) is 1.72. The fraction of sp³-hybridized carbons (Fsp3) is 0.286. The first-order valence-corrected chi connectivity index (χ1v) is 7.12. The van der Waals surface area contributed by atoms with Gasteiger partial charge in [0.05, 0.1) is 27.5 Å². The third kappa shape index (κ3) is 3.70. The van der Waals surface area contributed by atoms with E-state index in [1.54, 1.807) is 6.07 Å². The van der Waals surface area contributed by atoms with Gasteiger partial charge in [-0.1, -0.05) is 5.16 Å². The second-order valence-corrected chi connectivity index (χ2v) is 5.43. The Labute approximate surface area is 129 Å². The standard InChI is InChI=1S/C14H12FIN2O2/c1-9-5-11(20-18-9)3-2-4-19-14-12(15)6-10(8-17)7-13(14)16/h5-7H,2-4H2,1H3. The zero-order chi connectivity index (χ0) is 14.5. The number of aryl methyl sites for hydroxylation is 2. The first-order valence-electron chi connectivity index (χ1n) is 6.04. The van der Waals surface area contributed by atoms with Gasteiger partial charge in [-0.2, -0.15) is 5.26 Å². The molecule has 0 N–H and O–H groups in total. The van der Waals surface area contributed by atoms with Crippen molar-refractivity contribution in [3.63, 3.8) is 0 Å². The molecule has 0 bridgehead atoms. The lowest BCUT2D eigenvalue weighted by atomic mass is 10.2. The second kappa shape index (κ2) is 6.70. The highest BCUT2D eigenvalue weighted by Crippen LogP contribution is 2.26. The van der Waals surface area contributed by atoms with Gasteiger partial charge >= 0.3 is 0 Å². The Balaban J connectivity index is 1.90. The van der Waals surface area contributed by atoms with Gasteiger partial charge in [-0.3, -0.25) is 0 Å². The monoisotopic (exact) mass is 386 g/mol. The average molecular weight is 386 g/mol. The molecule has 0 aliphatic heterocycles. The molecule has 1 heterocycles. The van der Waals surface area contributed by atoms with E-state index in [0.29, 0.717) is 23.0 Å². The number of benzene rings is 1. The summed E-state index contributed by atoms with van der Waals surface area (Å²) in [5.74, 6) is 0.475. The summed E-state index contributed by atoms with van der Waals surface area (Å²) in [5.41, 5.74) is 1.13. The number of ether oxygens (including phenoxy) is 1. The predicted molar refractivity (Wildman–Crippen MR) is 78.9 cm³/mol. The number of hydrogen-bond acceptors (Lipinski definition) is 4. The van der Waals surface area contributed by atoms with Crippen molar-refractivity contribution in [1.29, 1.82) is 5.26 Å². The van der Waals surface area contributed by atoms with Crippen LogP contribution in [0.1, 0.15) is 23.4 Å². The van der Waals surface area contributed by atoms with E-state index in [9.17, 15) is 4.39 Å². The minimum absolute atomic E-state index is 0.193. The highest BCUT2D eigenvalue weighted by atomic mass is 127. The van der Waals surface area contributed by atoms with E-state index in [1.165, 1.54) is 6.07 Å². The molecule has 2 rings (SSSR count). The molecule has 0 unspecified atom stereocenters. The molecule has 0 fully saturated rings. The van der Waals surface area contributed by atoms with Crippen molar-refractivity contribution in [2.45, 2.75) is 19.8 Å².